The maximum Gasteiger partial charge on any atom is 0.270 e. The van der Waals surface area contributed by atoms with Gasteiger partial charge in [0, 0.05) is 17.0 Å². The van der Waals surface area contributed by atoms with Crippen molar-refractivity contribution in [1.82, 2.24) is 0 Å². The molecule has 0 aliphatic heterocycles. The van der Waals surface area contributed by atoms with E-state index < -0.39 is 0 Å². The second-order valence-corrected chi connectivity index (χ2v) is 5.31. The molecule has 0 aliphatic carbocycles. The molecule has 0 aromatic heterocycles. The zero-order chi connectivity index (χ0) is 11.6. The van der Waals surface area contributed by atoms with E-state index in [2.05, 4.69) is 20.8 Å². The van der Waals surface area contributed by atoms with Crippen LogP contribution < -0.4 is 0 Å². The van der Waals surface area contributed by atoms with Crippen molar-refractivity contribution < 1.29 is 4.92 Å². The summed E-state index contributed by atoms with van der Waals surface area (Å²) >= 11 is 1.53. The molecule has 0 radical (unpaired) electrons. The van der Waals surface area contributed by atoms with Gasteiger partial charge in [-0.15, -0.1) is 11.8 Å². The van der Waals surface area contributed by atoms with Crippen LogP contribution in [-0.4, -0.2) is 11.2 Å². The van der Waals surface area contributed by atoms with Gasteiger partial charge in [-0.05, 0) is 23.3 Å². The molecule has 0 aliphatic rings. The van der Waals surface area contributed by atoms with Gasteiger partial charge in [0.1, 0.15) is 0 Å². The Morgan fingerprint density at radius 1 is 1.27 bits per heavy atom. The van der Waals surface area contributed by atoms with Gasteiger partial charge in [-0.2, -0.15) is 0 Å². The van der Waals surface area contributed by atoms with Gasteiger partial charge in [-0.3, -0.25) is 10.1 Å². The second kappa shape index (κ2) is 4.23. The summed E-state index contributed by atoms with van der Waals surface area (Å²) in [5.74, 6) is 0. The predicted molar refractivity (Wildman–Crippen MR) is 63.6 cm³/mol. The van der Waals surface area contributed by atoms with E-state index in [1.807, 2.05) is 12.3 Å². The SMILES string of the molecule is CSc1cc([N+](=O)[O-])cc(C(C)(C)C)c1. The Bertz CT molecular complexity index is 383. The second-order valence-electron chi connectivity index (χ2n) is 4.43. The molecule has 0 heterocycles. The van der Waals surface area contributed by atoms with E-state index in [0.717, 1.165) is 10.5 Å². The van der Waals surface area contributed by atoms with Crippen LogP contribution in [0, 0.1) is 10.1 Å². The summed E-state index contributed by atoms with van der Waals surface area (Å²) in [6, 6.07) is 5.28. The predicted octanol–water partition coefficient (Wildman–Crippen LogP) is 3.61. The summed E-state index contributed by atoms with van der Waals surface area (Å²) < 4.78 is 0. The lowest BCUT2D eigenvalue weighted by Gasteiger charge is -2.19. The molecular weight excluding hydrogens is 210 g/mol. The standard InChI is InChI=1S/C11H15NO2S/c1-11(2,3)8-5-9(12(13)14)7-10(6-8)15-4/h5-7H,1-4H3. The van der Waals surface area contributed by atoms with Crippen molar-refractivity contribution >= 4 is 17.4 Å². The molecule has 82 valence electrons. The van der Waals surface area contributed by atoms with Crippen molar-refractivity contribution in [3.63, 3.8) is 0 Å². The van der Waals surface area contributed by atoms with E-state index in [0.29, 0.717) is 0 Å². The fourth-order valence-electron chi connectivity index (χ4n) is 1.24. The van der Waals surface area contributed by atoms with Gasteiger partial charge in [0.15, 0.2) is 0 Å². The average molecular weight is 225 g/mol. The third kappa shape index (κ3) is 2.96. The van der Waals surface area contributed by atoms with Crippen LogP contribution in [0.15, 0.2) is 23.1 Å². The molecule has 0 unspecified atom stereocenters. The first-order valence-corrected chi connectivity index (χ1v) is 5.91. The Hall–Kier alpha value is -1.03. The van der Waals surface area contributed by atoms with Crippen molar-refractivity contribution in [2.75, 3.05) is 6.26 Å². The molecule has 0 amide bonds. The Balaban J connectivity index is 3.30. The van der Waals surface area contributed by atoms with Crippen molar-refractivity contribution in [3.05, 3.63) is 33.9 Å². The summed E-state index contributed by atoms with van der Waals surface area (Å²) in [6.07, 6.45) is 1.92. The molecule has 0 saturated heterocycles. The Labute approximate surface area is 94.0 Å². The molecule has 0 N–H and O–H groups in total. The molecule has 1 aromatic carbocycles. The van der Waals surface area contributed by atoms with Crippen LogP contribution in [0.5, 0.6) is 0 Å². The third-order valence-electron chi connectivity index (χ3n) is 2.20. The van der Waals surface area contributed by atoms with Crippen molar-refractivity contribution in [2.24, 2.45) is 0 Å². The smallest absolute Gasteiger partial charge is 0.258 e. The summed E-state index contributed by atoms with van der Waals surface area (Å²) in [7, 11) is 0. The maximum absolute atomic E-state index is 10.7. The molecule has 1 rings (SSSR count). The molecule has 4 heteroatoms. The summed E-state index contributed by atoms with van der Waals surface area (Å²) in [6.45, 7) is 6.16. The maximum atomic E-state index is 10.7. The van der Waals surface area contributed by atoms with Gasteiger partial charge in [-0.25, -0.2) is 0 Å². The fourth-order valence-corrected chi connectivity index (χ4v) is 1.72. The van der Waals surface area contributed by atoms with Crippen molar-refractivity contribution in [3.8, 4) is 0 Å². The van der Waals surface area contributed by atoms with Crippen LogP contribution in [0.1, 0.15) is 26.3 Å². The molecular formula is C11H15NO2S. The number of rotatable bonds is 2. The number of hydrogen-bond acceptors (Lipinski definition) is 3. The largest absolute Gasteiger partial charge is 0.270 e. The zero-order valence-corrected chi connectivity index (χ0v) is 10.2. The number of hydrogen-bond donors (Lipinski definition) is 0. The highest BCUT2D eigenvalue weighted by molar-refractivity contribution is 7.98. The molecule has 15 heavy (non-hydrogen) atoms. The van der Waals surface area contributed by atoms with Crippen LogP contribution in [0.4, 0.5) is 5.69 Å². The fraction of sp³-hybridized carbons (Fsp3) is 0.455. The minimum absolute atomic E-state index is 0.0590. The van der Waals surface area contributed by atoms with E-state index in [1.165, 1.54) is 11.8 Å². The van der Waals surface area contributed by atoms with Crippen LogP contribution in [0.25, 0.3) is 0 Å². The van der Waals surface area contributed by atoms with E-state index >= 15 is 0 Å². The zero-order valence-electron chi connectivity index (χ0n) is 9.40. The minimum atomic E-state index is -0.338. The first-order chi connectivity index (χ1) is 6.84. The summed E-state index contributed by atoms with van der Waals surface area (Å²) in [5, 5.41) is 10.7. The number of nitrogens with zero attached hydrogens (tertiary/aromatic N) is 1. The molecule has 0 saturated carbocycles. The Kier molecular flexibility index (Phi) is 3.39. The number of non-ortho nitro benzene ring substituents is 1. The van der Waals surface area contributed by atoms with Crippen molar-refractivity contribution in [1.29, 1.82) is 0 Å². The molecule has 0 bridgehead atoms. The van der Waals surface area contributed by atoms with Crippen LogP contribution in [0.2, 0.25) is 0 Å². The first kappa shape index (κ1) is 12.0. The number of nitro benzene ring substituents is 1. The van der Waals surface area contributed by atoms with Crippen LogP contribution in [0.3, 0.4) is 0 Å². The Morgan fingerprint density at radius 3 is 2.27 bits per heavy atom. The lowest BCUT2D eigenvalue weighted by molar-refractivity contribution is -0.385. The Morgan fingerprint density at radius 2 is 1.87 bits per heavy atom. The van der Waals surface area contributed by atoms with Gasteiger partial charge in [0.05, 0.1) is 4.92 Å². The normalized spacial score (nSPS) is 11.5. The monoisotopic (exact) mass is 225 g/mol. The summed E-state index contributed by atoms with van der Waals surface area (Å²) in [4.78, 5) is 11.3. The molecule has 1 aromatic rings. The number of benzene rings is 1. The molecule has 0 atom stereocenters. The highest BCUT2D eigenvalue weighted by Crippen LogP contribution is 2.30. The third-order valence-corrected chi connectivity index (χ3v) is 2.91. The van der Waals surface area contributed by atoms with Crippen LogP contribution >= 0.6 is 11.8 Å². The van der Waals surface area contributed by atoms with E-state index in [-0.39, 0.29) is 16.0 Å². The van der Waals surface area contributed by atoms with Crippen molar-refractivity contribution in [2.45, 2.75) is 31.1 Å². The quantitative estimate of drug-likeness (QED) is 0.438. The topological polar surface area (TPSA) is 43.1 Å². The first-order valence-electron chi connectivity index (χ1n) is 4.68. The summed E-state index contributed by atoms with van der Waals surface area (Å²) in [5.41, 5.74) is 1.11. The highest BCUT2D eigenvalue weighted by atomic mass is 32.2. The highest BCUT2D eigenvalue weighted by Gasteiger charge is 2.18. The minimum Gasteiger partial charge on any atom is -0.258 e. The van der Waals surface area contributed by atoms with Gasteiger partial charge in [0.2, 0.25) is 0 Å². The van der Waals surface area contributed by atoms with Gasteiger partial charge >= 0.3 is 0 Å². The number of nitro groups is 1. The average Bonchev–Trinajstić information content (AvgIpc) is 2.15. The molecule has 0 fully saturated rings. The van der Waals surface area contributed by atoms with Gasteiger partial charge in [0.25, 0.3) is 5.69 Å². The van der Waals surface area contributed by atoms with Crippen LogP contribution in [-0.2, 0) is 5.41 Å². The van der Waals surface area contributed by atoms with Gasteiger partial charge < -0.3 is 0 Å². The molecule has 3 nitrogen and oxygen atoms in total. The van der Waals surface area contributed by atoms with E-state index in [4.69, 9.17) is 0 Å². The lowest BCUT2D eigenvalue weighted by atomic mass is 9.87. The van der Waals surface area contributed by atoms with E-state index in [1.54, 1.807) is 12.1 Å². The van der Waals surface area contributed by atoms with E-state index in [9.17, 15) is 10.1 Å². The molecule has 0 spiro atoms. The van der Waals surface area contributed by atoms with Gasteiger partial charge in [-0.1, -0.05) is 20.8 Å². The lowest BCUT2D eigenvalue weighted by Crippen LogP contribution is -2.11. The number of thioether (sulfide) groups is 1.